The number of amides is 2. The summed E-state index contributed by atoms with van der Waals surface area (Å²) in [6.45, 7) is -0.0427. The molecule has 4 N–H and O–H groups in total. The summed E-state index contributed by atoms with van der Waals surface area (Å²) in [4.78, 5) is 51.7. The van der Waals surface area contributed by atoms with Crippen LogP contribution in [-0.2, 0) is 25.6 Å². The number of Topliss-reactive ketones (excluding diaryl/α,β-unsaturated/α-hetero) is 1. The molecule has 6 rings (SSSR count). The quantitative estimate of drug-likeness (QED) is 0.156. The van der Waals surface area contributed by atoms with Crippen molar-refractivity contribution in [2.75, 3.05) is 30.4 Å². The highest BCUT2D eigenvalue weighted by Gasteiger charge is 2.49. The van der Waals surface area contributed by atoms with Crippen molar-refractivity contribution in [1.29, 1.82) is 0 Å². The number of fused-ring (bicyclic) bond motifs is 1. The molecule has 1 saturated carbocycles. The van der Waals surface area contributed by atoms with Gasteiger partial charge in [0.15, 0.2) is 12.4 Å². The fraction of sp³-hybridized carbons (Fsp3) is 0.421. The summed E-state index contributed by atoms with van der Waals surface area (Å²) in [5.41, 5.74) is 3.15. The van der Waals surface area contributed by atoms with Crippen LogP contribution in [0.5, 0.6) is 11.5 Å². The third kappa shape index (κ3) is 9.07. The zero-order valence-corrected chi connectivity index (χ0v) is 28.9. The van der Waals surface area contributed by atoms with E-state index in [1.54, 1.807) is 41.3 Å². The molecule has 1 saturated heterocycles. The SMILES string of the molecule is O=C(CNC(=O)COc1ccc([C@@H]2[C@@H](SCC(O)c3ccc4c(c3)CCO4)C(=O)N2c2ccc(F)cc2)cc1)C[C@@H](NC1CCCCC1)C(=O)O. The van der Waals surface area contributed by atoms with Crippen LogP contribution in [0.15, 0.2) is 66.7 Å². The molecule has 0 radical (unpaired) electrons. The predicted molar refractivity (Wildman–Crippen MR) is 189 cm³/mol. The maximum atomic E-state index is 13.7. The molecule has 2 fully saturated rings. The van der Waals surface area contributed by atoms with E-state index in [9.17, 15) is 33.8 Å². The van der Waals surface area contributed by atoms with Gasteiger partial charge in [-0.1, -0.05) is 37.5 Å². The van der Waals surface area contributed by atoms with Gasteiger partial charge >= 0.3 is 5.97 Å². The van der Waals surface area contributed by atoms with Crippen LogP contribution in [0.1, 0.15) is 67.4 Å². The molecule has 3 aromatic rings. The molecule has 51 heavy (non-hydrogen) atoms. The van der Waals surface area contributed by atoms with Crippen molar-refractivity contribution in [2.45, 2.75) is 74.4 Å². The van der Waals surface area contributed by atoms with Crippen LogP contribution in [0, 0.1) is 5.82 Å². The number of nitrogens with zero attached hydrogens (tertiary/aromatic N) is 1. The zero-order valence-electron chi connectivity index (χ0n) is 28.1. The van der Waals surface area contributed by atoms with E-state index in [0.29, 0.717) is 18.0 Å². The lowest BCUT2D eigenvalue weighted by molar-refractivity contribution is -0.141. The van der Waals surface area contributed by atoms with Crippen molar-refractivity contribution in [3.8, 4) is 11.5 Å². The van der Waals surface area contributed by atoms with Gasteiger partial charge < -0.3 is 35.2 Å². The number of halogens is 1. The number of ketones is 1. The van der Waals surface area contributed by atoms with Gasteiger partial charge in [0.25, 0.3) is 5.91 Å². The Kier molecular flexibility index (Phi) is 11.9. The number of carboxylic acids is 1. The van der Waals surface area contributed by atoms with E-state index in [2.05, 4.69) is 10.6 Å². The number of ether oxygens (including phenoxy) is 2. The van der Waals surface area contributed by atoms with Gasteiger partial charge in [0.05, 0.1) is 25.3 Å². The molecule has 2 heterocycles. The van der Waals surface area contributed by atoms with Gasteiger partial charge in [-0.3, -0.25) is 19.2 Å². The van der Waals surface area contributed by atoms with Crippen LogP contribution in [-0.4, -0.2) is 76.6 Å². The molecule has 2 aliphatic heterocycles. The van der Waals surface area contributed by atoms with Crippen LogP contribution in [0.25, 0.3) is 0 Å². The number of carbonyl (C=O) groups is 4. The van der Waals surface area contributed by atoms with Gasteiger partial charge in [-0.05, 0) is 78.1 Å². The standard InChI is InChI=1S/C38H42FN3O8S/c39-26-9-11-28(12-10-26)42-35(36(37(42)46)51-22-32(44)24-8-15-33-25(18-24)16-17-49-33)23-6-13-30(14-7-23)50-21-34(45)40-20-29(43)19-31(38(47)48)41-27-4-2-1-3-5-27/h6-15,18,27,31-32,35-36,41,44H,1-5,16-17,19-22H2,(H,40,45)(H,47,48)/t31-,32?,35-,36-/m1/s1. The summed E-state index contributed by atoms with van der Waals surface area (Å²) in [7, 11) is 0. The van der Waals surface area contributed by atoms with Gasteiger partial charge in [0.1, 0.15) is 28.6 Å². The normalized spacial score (nSPS) is 19.7. The third-order valence-corrected chi connectivity index (χ3v) is 10.9. The van der Waals surface area contributed by atoms with Gasteiger partial charge in [0.2, 0.25) is 5.91 Å². The Morgan fingerprint density at radius 3 is 2.49 bits per heavy atom. The van der Waals surface area contributed by atoms with Crippen LogP contribution in [0.2, 0.25) is 0 Å². The molecule has 3 aliphatic rings. The fourth-order valence-corrected chi connectivity index (χ4v) is 8.07. The Balaban J connectivity index is 1.03. The number of thioether (sulfide) groups is 1. The van der Waals surface area contributed by atoms with E-state index < -0.39 is 46.9 Å². The van der Waals surface area contributed by atoms with E-state index in [1.807, 2.05) is 18.2 Å². The Morgan fingerprint density at radius 1 is 1.02 bits per heavy atom. The van der Waals surface area contributed by atoms with Crippen molar-refractivity contribution in [3.05, 3.63) is 89.2 Å². The Hall–Kier alpha value is -4.46. The molecule has 270 valence electrons. The lowest BCUT2D eigenvalue weighted by atomic mass is 9.92. The molecule has 0 aromatic heterocycles. The smallest absolute Gasteiger partial charge is 0.321 e. The predicted octanol–water partition coefficient (Wildman–Crippen LogP) is 4.51. The maximum Gasteiger partial charge on any atom is 0.321 e. The summed E-state index contributed by atoms with van der Waals surface area (Å²) in [6.07, 6.45) is 4.73. The van der Waals surface area contributed by atoms with Crippen molar-refractivity contribution in [1.82, 2.24) is 10.6 Å². The average molecular weight is 720 g/mol. The lowest BCUT2D eigenvalue weighted by Gasteiger charge is -2.47. The molecule has 3 aromatic carbocycles. The van der Waals surface area contributed by atoms with Gasteiger partial charge in [0, 0.05) is 30.3 Å². The second-order valence-electron chi connectivity index (χ2n) is 13.1. The van der Waals surface area contributed by atoms with E-state index in [4.69, 9.17) is 9.47 Å². The number of β-lactam (4-membered cyclic amide) rings is 1. The van der Waals surface area contributed by atoms with Crippen LogP contribution >= 0.6 is 11.8 Å². The van der Waals surface area contributed by atoms with Crippen molar-refractivity contribution in [2.24, 2.45) is 0 Å². The minimum Gasteiger partial charge on any atom is -0.493 e. The number of hydrogen-bond donors (Lipinski definition) is 4. The highest BCUT2D eigenvalue weighted by Crippen LogP contribution is 2.46. The third-order valence-electron chi connectivity index (χ3n) is 9.53. The largest absolute Gasteiger partial charge is 0.493 e. The summed E-state index contributed by atoms with van der Waals surface area (Å²) >= 11 is 1.36. The molecule has 4 atom stereocenters. The van der Waals surface area contributed by atoms with E-state index >= 15 is 0 Å². The number of aliphatic hydroxyl groups is 1. The molecule has 0 bridgehead atoms. The average Bonchev–Trinajstić information content (AvgIpc) is 3.61. The van der Waals surface area contributed by atoms with Crippen LogP contribution in [0.4, 0.5) is 10.1 Å². The van der Waals surface area contributed by atoms with E-state index in [0.717, 1.165) is 61.0 Å². The van der Waals surface area contributed by atoms with Crippen LogP contribution in [0.3, 0.4) is 0 Å². The van der Waals surface area contributed by atoms with Crippen LogP contribution < -0.4 is 25.0 Å². The monoisotopic (exact) mass is 719 g/mol. The molecule has 1 aliphatic carbocycles. The number of carboxylic acid groups (broad SMARTS) is 1. The van der Waals surface area contributed by atoms with Gasteiger partial charge in [-0.2, -0.15) is 0 Å². The second-order valence-corrected chi connectivity index (χ2v) is 14.3. The number of aliphatic hydroxyl groups excluding tert-OH is 1. The molecule has 13 heteroatoms. The molecule has 11 nitrogen and oxygen atoms in total. The van der Waals surface area contributed by atoms with E-state index in [-0.39, 0.29) is 37.3 Å². The topological polar surface area (TPSA) is 154 Å². The number of rotatable bonds is 16. The minimum absolute atomic E-state index is 0.0756. The highest BCUT2D eigenvalue weighted by molar-refractivity contribution is 8.00. The summed E-state index contributed by atoms with van der Waals surface area (Å²) < 4.78 is 24.9. The van der Waals surface area contributed by atoms with Crippen molar-refractivity contribution >= 4 is 41.0 Å². The summed E-state index contributed by atoms with van der Waals surface area (Å²) in [5, 5.41) is 25.6. The minimum atomic E-state index is -1.09. The Labute approximate surface area is 299 Å². The number of benzene rings is 3. The molecule has 0 spiro atoms. The maximum absolute atomic E-state index is 13.7. The van der Waals surface area contributed by atoms with Gasteiger partial charge in [-0.25, -0.2) is 4.39 Å². The first-order valence-electron chi connectivity index (χ1n) is 17.3. The Morgan fingerprint density at radius 2 is 1.76 bits per heavy atom. The molecule has 2 amide bonds. The Bertz CT molecular complexity index is 1720. The first kappa shape index (κ1) is 36.3. The summed E-state index contributed by atoms with van der Waals surface area (Å²) in [5.74, 6) is -1.08. The lowest BCUT2D eigenvalue weighted by Crippen LogP contribution is -2.57. The second kappa shape index (κ2) is 16.7. The first-order valence-corrected chi connectivity index (χ1v) is 18.3. The summed E-state index contributed by atoms with van der Waals surface area (Å²) in [6, 6.07) is 17.0. The number of hydrogen-bond acceptors (Lipinski definition) is 9. The number of nitrogens with one attached hydrogen (secondary N) is 2. The number of carbonyl (C=O) groups excluding carboxylic acids is 3. The molecule has 1 unspecified atom stereocenters. The zero-order chi connectivity index (χ0) is 35.9. The van der Waals surface area contributed by atoms with Crippen molar-refractivity contribution in [3.63, 3.8) is 0 Å². The van der Waals surface area contributed by atoms with Gasteiger partial charge in [-0.15, -0.1) is 11.8 Å². The fourth-order valence-electron chi connectivity index (χ4n) is 6.77. The van der Waals surface area contributed by atoms with Crippen molar-refractivity contribution < 1.29 is 43.3 Å². The highest BCUT2D eigenvalue weighted by atomic mass is 32.2. The molecular weight excluding hydrogens is 677 g/mol. The van der Waals surface area contributed by atoms with E-state index in [1.165, 1.54) is 23.9 Å². The number of anilines is 1. The number of aliphatic carboxylic acids is 1. The molecular formula is C38H42FN3O8S. The first-order chi connectivity index (χ1) is 24.7.